The molecule has 1 aliphatic heterocycles. The molecule has 2 atom stereocenters. The summed E-state index contributed by atoms with van der Waals surface area (Å²) in [5.74, 6) is -0.408. The van der Waals surface area contributed by atoms with Gasteiger partial charge in [0.05, 0.1) is 18.0 Å². The molecule has 0 bridgehead atoms. The zero-order valence-electron chi connectivity index (χ0n) is 12.0. The first-order valence-corrected chi connectivity index (χ1v) is 7.80. The number of hydrogen-bond acceptors (Lipinski definition) is 5. The van der Waals surface area contributed by atoms with Crippen LogP contribution in [0.3, 0.4) is 0 Å². The van der Waals surface area contributed by atoms with E-state index in [-0.39, 0.29) is 11.3 Å². The third kappa shape index (κ3) is 3.29. The van der Waals surface area contributed by atoms with Crippen molar-refractivity contribution in [2.24, 2.45) is 0 Å². The Labute approximate surface area is 127 Å². The SMILES string of the molecule is CCCC1SCC(C(=O)O)N1C(=O)c1ccc(OC)nc1. The van der Waals surface area contributed by atoms with Crippen LogP contribution in [-0.4, -0.2) is 51.1 Å². The van der Waals surface area contributed by atoms with Gasteiger partial charge in [0.15, 0.2) is 0 Å². The van der Waals surface area contributed by atoms with Gasteiger partial charge >= 0.3 is 5.97 Å². The summed E-state index contributed by atoms with van der Waals surface area (Å²) in [5, 5.41) is 9.21. The number of pyridine rings is 1. The molecule has 0 aromatic carbocycles. The van der Waals surface area contributed by atoms with Crippen molar-refractivity contribution in [1.82, 2.24) is 9.88 Å². The average Bonchev–Trinajstić information content (AvgIpc) is 2.91. The first-order chi connectivity index (χ1) is 10.1. The van der Waals surface area contributed by atoms with E-state index in [1.54, 1.807) is 12.1 Å². The van der Waals surface area contributed by atoms with E-state index < -0.39 is 12.0 Å². The number of carboxylic acid groups (broad SMARTS) is 1. The number of nitrogens with zero attached hydrogens (tertiary/aromatic N) is 2. The van der Waals surface area contributed by atoms with Gasteiger partial charge in [0.1, 0.15) is 6.04 Å². The molecule has 1 N–H and O–H groups in total. The Morgan fingerprint density at radius 2 is 2.29 bits per heavy atom. The molecule has 0 aliphatic carbocycles. The summed E-state index contributed by atoms with van der Waals surface area (Å²) in [4.78, 5) is 29.4. The van der Waals surface area contributed by atoms with Crippen LogP contribution in [-0.2, 0) is 4.79 Å². The Balaban J connectivity index is 2.24. The van der Waals surface area contributed by atoms with E-state index in [1.807, 2.05) is 6.92 Å². The van der Waals surface area contributed by atoms with Gasteiger partial charge in [-0.2, -0.15) is 0 Å². The maximum absolute atomic E-state index is 12.6. The van der Waals surface area contributed by atoms with Crippen molar-refractivity contribution in [2.45, 2.75) is 31.2 Å². The molecular weight excluding hydrogens is 292 g/mol. The predicted molar refractivity (Wildman–Crippen MR) is 79.5 cm³/mol. The Morgan fingerprint density at radius 3 is 2.81 bits per heavy atom. The van der Waals surface area contributed by atoms with Crippen molar-refractivity contribution in [1.29, 1.82) is 0 Å². The Morgan fingerprint density at radius 1 is 1.52 bits per heavy atom. The van der Waals surface area contributed by atoms with Crippen LogP contribution in [0, 0.1) is 0 Å². The zero-order chi connectivity index (χ0) is 15.4. The zero-order valence-corrected chi connectivity index (χ0v) is 12.8. The van der Waals surface area contributed by atoms with Crippen LogP contribution in [0.2, 0.25) is 0 Å². The fraction of sp³-hybridized carbons (Fsp3) is 0.500. The smallest absolute Gasteiger partial charge is 0.327 e. The molecule has 2 rings (SSSR count). The Hall–Kier alpha value is -1.76. The molecule has 1 aromatic heterocycles. The molecule has 1 amide bonds. The number of carboxylic acids is 1. The van der Waals surface area contributed by atoms with E-state index in [1.165, 1.54) is 30.0 Å². The van der Waals surface area contributed by atoms with Gasteiger partial charge in [0.2, 0.25) is 5.88 Å². The number of methoxy groups -OCH3 is 1. The lowest BCUT2D eigenvalue weighted by molar-refractivity contribution is -0.141. The minimum absolute atomic E-state index is 0.0919. The molecule has 2 heterocycles. The van der Waals surface area contributed by atoms with Gasteiger partial charge in [-0.25, -0.2) is 9.78 Å². The molecule has 1 aromatic rings. The fourth-order valence-electron chi connectivity index (χ4n) is 2.27. The van der Waals surface area contributed by atoms with E-state index in [9.17, 15) is 14.7 Å². The van der Waals surface area contributed by atoms with Crippen molar-refractivity contribution < 1.29 is 19.4 Å². The van der Waals surface area contributed by atoms with Crippen LogP contribution in [0.5, 0.6) is 5.88 Å². The molecule has 21 heavy (non-hydrogen) atoms. The summed E-state index contributed by atoms with van der Waals surface area (Å²) in [5.41, 5.74) is 0.380. The highest BCUT2D eigenvalue weighted by atomic mass is 32.2. The fourth-order valence-corrected chi connectivity index (χ4v) is 3.79. The van der Waals surface area contributed by atoms with Gasteiger partial charge in [-0.05, 0) is 12.5 Å². The van der Waals surface area contributed by atoms with Gasteiger partial charge in [-0.1, -0.05) is 13.3 Å². The molecule has 0 spiro atoms. The highest BCUT2D eigenvalue weighted by Gasteiger charge is 2.41. The maximum atomic E-state index is 12.6. The van der Waals surface area contributed by atoms with Crippen LogP contribution < -0.4 is 4.74 Å². The number of rotatable bonds is 5. The lowest BCUT2D eigenvalue weighted by Crippen LogP contribution is -2.45. The van der Waals surface area contributed by atoms with E-state index >= 15 is 0 Å². The minimum Gasteiger partial charge on any atom is -0.481 e. The number of carbonyl (C=O) groups excluding carboxylic acids is 1. The van der Waals surface area contributed by atoms with Crippen LogP contribution in [0.25, 0.3) is 0 Å². The molecule has 7 heteroatoms. The average molecular weight is 310 g/mol. The number of aliphatic carboxylic acids is 1. The van der Waals surface area contributed by atoms with E-state index in [0.29, 0.717) is 17.2 Å². The number of amides is 1. The Bertz CT molecular complexity index is 520. The van der Waals surface area contributed by atoms with Crippen molar-refractivity contribution in [3.63, 3.8) is 0 Å². The second-order valence-corrected chi connectivity index (χ2v) is 5.94. The van der Waals surface area contributed by atoms with Crippen LogP contribution in [0.4, 0.5) is 0 Å². The van der Waals surface area contributed by atoms with E-state index in [0.717, 1.165) is 12.8 Å². The van der Waals surface area contributed by atoms with Gasteiger partial charge in [-0.15, -0.1) is 11.8 Å². The second kappa shape index (κ2) is 6.80. The topological polar surface area (TPSA) is 79.7 Å². The normalized spacial score (nSPS) is 21.3. The predicted octanol–water partition coefficient (Wildman–Crippen LogP) is 1.86. The quantitative estimate of drug-likeness (QED) is 0.894. The number of hydrogen-bond donors (Lipinski definition) is 1. The number of thioether (sulfide) groups is 1. The highest BCUT2D eigenvalue weighted by molar-refractivity contribution is 8.00. The molecular formula is C14H18N2O4S. The summed E-state index contributed by atoms with van der Waals surface area (Å²) in [6.45, 7) is 2.02. The second-order valence-electron chi connectivity index (χ2n) is 4.73. The van der Waals surface area contributed by atoms with Crippen LogP contribution >= 0.6 is 11.8 Å². The minimum atomic E-state index is -0.962. The number of carbonyl (C=O) groups is 2. The van der Waals surface area contributed by atoms with Gasteiger partial charge < -0.3 is 14.7 Å². The van der Waals surface area contributed by atoms with Crippen molar-refractivity contribution in [3.8, 4) is 5.88 Å². The molecule has 0 radical (unpaired) electrons. The van der Waals surface area contributed by atoms with Crippen molar-refractivity contribution in [3.05, 3.63) is 23.9 Å². The van der Waals surface area contributed by atoms with Gasteiger partial charge in [-0.3, -0.25) is 4.79 Å². The first-order valence-electron chi connectivity index (χ1n) is 6.75. The first kappa shape index (κ1) is 15.6. The standard InChI is InChI=1S/C14H18N2O4S/c1-3-4-12-16(10(8-21-12)14(18)19)13(17)9-5-6-11(20-2)15-7-9/h5-7,10,12H,3-4,8H2,1-2H3,(H,18,19). The monoisotopic (exact) mass is 310 g/mol. The number of ether oxygens (including phenoxy) is 1. The molecule has 6 nitrogen and oxygen atoms in total. The van der Waals surface area contributed by atoms with Crippen molar-refractivity contribution >= 4 is 23.6 Å². The summed E-state index contributed by atoms with van der Waals surface area (Å²) >= 11 is 1.52. The van der Waals surface area contributed by atoms with Crippen molar-refractivity contribution in [2.75, 3.05) is 12.9 Å². The van der Waals surface area contributed by atoms with Crippen LogP contribution in [0.1, 0.15) is 30.1 Å². The third-order valence-corrected chi connectivity index (χ3v) is 4.70. The van der Waals surface area contributed by atoms with Gasteiger partial charge in [0.25, 0.3) is 5.91 Å². The molecule has 1 saturated heterocycles. The molecule has 2 unspecified atom stereocenters. The molecule has 1 fully saturated rings. The number of aromatic nitrogens is 1. The van der Waals surface area contributed by atoms with E-state index in [4.69, 9.17) is 4.74 Å². The summed E-state index contributed by atoms with van der Waals surface area (Å²) in [7, 11) is 1.50. The third-order valence-electron chi connectivity index (χ3n) is 3.34. The van der Waals surface area contributed by atoms with Crippen LogP contribution in [0.15, 0.2) is 18.3 Å². The maximum Gasteiger partial charge on any atom is 0.327 e. The molecule has 114 valence electrons. The molecule has 1 aliphatic rings. The lowest BCUT2D eigenvalue weighted by atomic mass is 10.2. The summed E-state index contributed by atoms with van der Waals surface area (Å²) in [6, 6.07) is 2.43. The van der Waals surface area contributed by atoms with Gasteiger partial charge in [0, 0.05) is 18.0 Å². The van der Waals surface area contributed by atoms with E-state index in [2.05, 4.69) is 4.98 Å². The lowest BCUT2D eigenvalue weighted by Gasteiger charge is -2.27. The highest BCUT2D eigenvalue weighted by Crippen LogP contribution is 2.33. The molecule has 0 saturated carbocycles. The Kier molecular flexibility index (Phi) is 5.06. The largest absolute Gasteiger partial charge is 0.481 e. The summed E-state index contributed by atoms with van der Waals surface area (Å²) in [6.07, 6.45) is 3.10. The summed E-state index contributed by atoms with van der Waals surface area (Å²) < 4.78 is 4.96.